The molecule has 1 aliphatic rings. The van der Waals surface area contributed by atoms with Gasteiger partial charge in [-0.25, -0.2) is 0 Å². The van der Waals surface area contributed by atoms with Crippen molar-refractivity contribution in [3.05, 3.63) is 40.5 Å². The average Bonchev–Trinajstić information content (AvgIpc) is 2.90. The molecule has 0 aliphatic carbocycles. The lowest BCUT2D eigenvalue weighted by Crippen LogP contribution is -2.39. The van der Waals surface area contributed by atoms with E-state index < -0.39 is 5.38 Å². The van der Waals surface area contributed by atoms with Crippen LogP contribution in [0.5, 0.6) is 0 Å². The summed E-state index contributed by atoms with van der Waals surface area (Å²) in [6, 6.07) is 7.45. The van der Waals surface area contributed by atoms with E-state index in [1.807, 2.05) is 24.3 Å². The first kappa shape index (κ1) is 14.4. The Bertz CT molecular complexity index is 665. The number of hydrogen-bond acceptors (Lipinski definition) is 3. The molecule has 0 bridgehead atoms. The average molecular weight is 325 g/mol. The molecule has 1 unspecified atom stereocenters. The summed E-state index contributed by atoms with van der Waals surface area (Å²) < 4.78 is 5.47. The SMILES string of the molecule is CC(Cl)C(=O)N1CCc2c(noc2-c2ccc(Cl)cc2)C1. The Morgan fingerprint density at radius 1 is 1.38 bits per heavy atom. The van der Waals surface area contributed by atoms with Gasteiger partial charge in [0.25, 0.3) is 0 Å². The highest BCUT2D eigenvalue weighted by Gasteiger charge is 2.28. The summed E-state index contributed by atoms with van der Waals surface area (Å²) >= 11 is 11.8. The van der Waals surface area contributed by atoms with Crippen LogP contribution in [-0.4, -0.2) is 27.9 Å². The number of amides is 1. The molecule has 1 atom stereocenters. The van der Waals surface area contributed by atoms with Crippen LogP contribution < -0.4 is 0 Å². The van der Waals surface area contributed by atoms with Crippen LogP contribution in [0, 0.1) is 0 Å². The van der Waals surface area contributed by atoms with Crippen molar-refractivity contribution in [2.75, 3.05) is 6.54 Å². The second-order valence-electron chi connectivity index (χ2n) is 5.07. The zero-order valence-corrected chi connectivity index (χ0v) is 13.0. The van der Waals surface area contributed by atoms with E-state index >= 15 is 0 Å². The van der Waals surface area contributed by atoms with E-state index in [9.17, 15) is 4.79 Å². The van der Waals surface area contributed by atoms with E-state index in [-0.39, 0.29) is 5.91 Å². The lowest BCUT2D eigenvalue weighted by atomic mass is 10.0. The topological polar surface area (TPSA) is 46.3 Å². The molecular weight excluding hydrogens is 311 g/mol. The molecule has 0 saturated carbocycles. The standard InChI is InChI=1S/C15H14Cl2N2O2/c1-9(16)15(20)19-7-6-12-13(8-19)18-21-14(12)10-2-4-11(17)5-3-10/h2-5,9H,6-8H2,1H3. The maximum Gasteiger partial charge on any atom is 0.240 e. The van der Waals surface area contributed by atoms with Crippen LogP contribution in [0.2, 0.25) is 5.02 Å². The van der Waals surface area contributed by atoms with Crippen molar-refractivity contribution in [2.24, 2.45) is 0 Å². The van der Waals surface area contributed by atoms with Gasteiger partial charge in [-0.05, 0) is 37.6 Å². The van der Waals surface area contributed by atoms with Crippen molar-refractivity contribution in [1.29, 1.82) is 0 Å². The molecule has 1 amide bonds. The summed E-state index contributed by atoms with van der Waals surface area (Å²) in [5.41, 5.74) is 2.80. The molecule has 1 aliphatic heterocycles. The number of benzene rings is 1. The van der Waals surface area contributed by atoms with Gasteiger partial charge in [-0.3, -0.25) is 4.79 Å². The summed E-state index contributed by atoms with van der Waals surface area (Å²) in [7, 11) is 0. The Kier molecular flexibility index (Phi) is 3.91. The number of carbonyl (C=O) groups excluding carboxylic acids is 1. The molecule has 0 spiro atoms. The fourth-order valence-corrected chi connectivity index (χ4v) is 2.76. The highest BCUT2D eigenvalue weighted by Crippen LogP contribution is 2.31. The predicted molar refractivity (Wildman–Crippen MR) is 81.4 cm³/mol. The third kappa shape index (κ3) is 2.78. The molecule has 110 valence electrons. The van der Waals surface area contributed by atoms with E-state index in [0.717, 1.165) is 22.6 Å². The van der Waals surface area contributed by atoms with E-state index in [0.29, 0.717) is 24.5 Å². The largest absolute Gasteiger partial charge is 0.356 e. The van der Waals surface area contributed by atoms with Crippen LogP contribution in [-0.2, 0) is 17.8 Å². The first-order chi connectivity index (χ1) is 10.1. The van der Waals surface area contributed by atoms with E-state index in [2.05, 4.69) is 5.16 Å². The monoisotopic (exact) mass is 324 g/mol. The number of hydrogen-bond donors (Lipinski definition) is 0. The van der Waals surface area contributed by atoms with Crippen molar-refractivity contribution in [3.8, 4) is 11.3 Å². The van der Waals surface area contributed by atoms with Gasteiger partial charge in [0.05, 0.1) is 6.54 Å². The molecule has 0 fully saturated rings. The van der Waals surface area contributed by atoms with Gasteiger partial charge in [0.2, 0.25) is 5.91 Å². The minimum atomic E-state index is -0.519. The smallest absolute Gasteiger partial charge is 0.240 e. The van der Waals surface area contributed by atoms with Crippen molar-refractivity contribution in [1.82, 2.24) is 10.1 Å². The Hall–Kier alpha value is -1.52. The predicted octanol–water partition coefficient (Wildman–Crippen LogP) is 3.51. The van der Waals surface area contributed by atoms with E-state index in [1.165, 1.54) is 0 Å². The number of fused-ring (bicyclic) bond motifs is 1. The molecular formula is C15H14Cl2N2O2. The summed E-state index contributed by atoms with van der Waals surface area (Å²) in [4.78, 5) is 13.7. The quantitative estimate of drug-likeness (QED) is 0.794. The molecule has 0 saturated heterocycles. The van der Waals surface area contributed by atoms with Crippen LogP contribution in [0.15, 0.2) is 28.8 Å². The second-order valence-corrected chi connectivity index (χ2v) is 6.16. The zero-order valence-electron chi connectivity index (χ0n) is 11.5. The van der Waals surface area contributed by atoms with E-state index in [1.54, 1.807) is 11.8 Å². The van der Waals surface area contributed by atoms with Gasteiger partial charge in [-0.2, -0.15) is 0 Å². The lowest BCUT2D eigenvalue weighted by molar-refractivity contribution is -0.131. The van der Waals surface area contributed by atoms with Crippen molar-refractivity contribution in [3.63, 3.8) is 0 Å². The van der Waals surface area contributed by atoms with Crippen LogP contribution in [0.3, 0.4) is 0 Å². The summed E-state index contributed by atoms with van der Waals surface area (Å²) in [6.45, 7) is 2.76. The molecule has 3 rings (SSSR count). The Balaban J connectivity index is 1.87. The third-order valence-electron chi connectivity index (χ3n) is 3.60. The Labute approximate surface area is 132 Å². The fourth-order valence-electron chi connectivity index (χ4n) is 2.50. The van der Waals surface area contributed by atoms with Gasteiger partial charge in [-0.15, -0.1) is 11.6 Å². The molecule has 0 radical (unpaired) electrons. The van der Waals surface area contributed by atoms with Gasteiger partial charge < -0.3 is 9.42 Å². The van der Waals surface area contributed by atoms with Gasteiger partial charge in [0, 0.05) is 22.7 Å². The van der Waals surface area contributed by atoms with Crippen LogP contribution >= 0.6 is 23.2 Å². The second kappa shape index (κ2) is 5.70. The summed E-state index contributed by atoms with van der Waals surface area (Å²) in [5.74, 6) is 0.686. The third-order valence-corrected chi connectivity index (χ3v) is 4.04. The molecule has 21 heavy (non-hydrogen) atoms. The van der Waals surface area contributed by atoms with Gasteiger partial charge >= 0.3 is 0 Å². The molecule has 4 nitrogen and oxygen atoms in total. The van der Waals surface area contributed by atoms with E-state index in [4.69, 9.17) is 27.7 Å². The number of halogens is 2. The molecule has 1 aromatic carbocycles. The minimum absolute atomic E-state index is 0.0710. The van der Waals surface area contributed by atoms with Gasteiger partial charge in [0.15, 0.2) is 5.76 Å². The Morgan fingerprint density at radius 2 is 2.10 bits per heavy atom. The fraction of sp³-hybridized carbons (Fsp3) is 0.333. The number of carbonyl (C=O) groups is 1. The highest BCUT2D eigenvalue weighted by atomic mass is 35.5. The summed E-state index contributed by atoms with van der Waals surface area (Å²) in [6.07, 6.45) is 0.714. The number of nitrogens with zero attached hydrogens (tertiary/aromatic N) is 2. The molecule has 2 aromatic rings. The zero-order chi connectivity index (χ0) is 15.0. The first-order valence-electron chi connectivity index (χ1n) is 6.72. The number of aromatic nitrogens is 1. The van der Waals surface area contributed by atoms with Gasteiger partial charge in [-0.1, -0.05) is 16.8 Å². The Morgan fingerprint density at radius 3 is 2.76 bits per heavy atom. The first-order valence-corrected chi connectivity index (χ1v) is 7.54. The summed E-state index contributed by atoms with van der Waals surface area (Å²) in [5, 5.41) is 4.26. The maximum atomic E-state index is 11.9. The van der Waals surface area contributed by atoms with Crippen LogP contribution in [0.1, 0.15) is 18.2 Å². The number of rotatable bonds is 2. The van der Waals surface area contributed by atoms with Crippen LogP contribution in [0.4, 0.5) is 0 Å². The molecule has 1 aromatic heterocycles. The van der Waals surface area contributed by atoms with Crippen molar-refractivity contribution in [2.45, 2.75) is 25.3 Å². The number of alkyl halides is 1. The van der Waals surface area contributed by atoms with Crippen molar-refractivity contribution >= 4 is 29.1 Å². The molecule has 6 heteroatoms. The van der Waals surface area contributed by atoms with Crippen LogP contribution in [0.25, 0.3) is 11.3 Å². The maximum absolute atomic E-state index is 11.9. The van der Waals surface area contributed by atoms with Gasteiger partial charge in [0.1, 0.15) is 11.1 Å². The lowest BCUT2D eigenvalue weighted by Gasteiger charge is -2.26. The highest BCUT2D eigenvalue weighted by molar-refractivity contribution is 6.30. The molecule has 2 heterocycles. The normalized spacial score (nSPS) is 15.7. The minimum Gasteiger partial charge on any atom is -0.356 e. The van der Waals surface area contributed by atoms with Crippen molar-refractivity contribution < 1.29 is 9.32 Å². The molecule has 0 N–H and O–H groups in total.